The van der Waals surface area contributed by atoms with Crippen molar-refractivity contribution in [3.63, 3.8) is 0 Å². The lowest BCUT2D eigenvalue weighted by atomic mass is 10.0. The fraction of sp³-hybridized carbons (Fsp3) is 0.429. The van der Waals surface area contributed by atoms with Crippen LogP contribution in [0, 0.1) is 5.92 Å². The lowest BCUT2D eigenvalue weighted by Gasteiger charge is -2.30. The van der Waals surface area contributed by atoms with Gasteiger partial charge in [-0.2, -0.15) is 0 Å². The van der Waals surface area contributed by atoms with Crippen molar-refractivity contribution in [1.29, 1.82) is 0 Å². The third-order valence-electron chi connectivity index (χ3n) is 5.45. The van der Waals surface area contributed by atoms with Crippen LogP contribution in [0.5, 0.6) is 0 Å². The molecule has 0 fully saturated rings. The molecule has 0 spiro atoms. The summed E-state index contributed by atoms with van der Waals surface area (Å²) in [6.07, 6.45) is 1.03. The minimum atomic E-state index is 0.0724. The van der Waals surface area contributed by atoms with Crippen LogP contribution in [0.4, 0.5) is 0 Å². The topological polar surface area (TPSA) is 45.6 Å². The highest BCUT2D eigenvalue weighted by Crippen LogP contribution is 2.30. The summed E-state index contributed by atoms with van der Waals surface area (Å²) in [4.78, 5) is 28.8. The molecule has 0 N–H and O–H groups in total. The van der Waals surface area contributed by atoms with Crippen molar-refractivity contribution in [2.75, 3.05) is 20.1 Å². The monoisotopic (exact) mass is 351 g/mol. The van der Waals surface area contributed by atoms with E-state index in [1.807, 2.05) is 36.2 Å². The summed E-state index contributed by atoms with van der Waals surface area (Å²) in [6, 6.07) is 9.99. The van der Waals surface area contributed by atoms with Gasteiger partial charge < -0.3 is 14.4 Å². The van der Waals surface area contributed by atoms with Crippen LogP contribution in [0.15, 0.2) is 30.3 Å². The Morgan fingerprint density at radius 2 is 1.77 bits per heavy atom. The summed E-state index contributed by atoms with van der Waals surface area (Å²) in [5.41, 5.74) is 4.62. The molecule has 136 valence electrons. The Kier molecular flexibility index (Phi) is 4.10. The number of hydrogen-bond donors (Lipinski definition) is 0. The molecule has 2 amide bonds. The van der Waals surface area contributed by atoms with Crippen LogP contribution in [0.3, 0.4) is 0 Å². The zero-order valence-electron chi connectivity index (χ0n) is 15.7. The van der Waals surface area contributed by atoms with Gasteiger partial charge >= 0.3 is 0 Å². The third kappa shape index (κ3) is 2.71. The van der Waals surface area contributed by atoms with Crippen LogP contribution in [-0.4, -0.2) is 46.3 Å². The lowest BCUT2D eigenvalue weighted by molar-refractivity contribution is 0.0697. The van der Waals surface area contributed by atoms with E-state index in [4.69, 9.17) is 0 Å². The minimum Gasteiger partial charge on any atom is -0.337 e. The molecule has 0 saturated carbocycles. The molecule has 2 aliphatic heterocycles. The smallest absolute Gasteiger partial charge is 0.270 e. The average Bonchev–Trinajstić information content (AvgIpc) is 3.16. The van der Waals surface area contributed by atoms with Gasteiger partial charge in [0.15, 0.2) is 0 Å². The number of amides is 2. The highest BCUT2D eigenvalue weighted by atomic mass is 16.2. The van der Waals surface area contributed by atoms with Crippen molar-refractivity contribution < 1.29 is 9.59 Å². The maximum Gasteiger partial charge on any atom is 0.270 e. The van der Waals surface area contributed by atoms with Gasteiger partial charge in [0.2, 0.25) is 0 Å². The second-order valence-corrected chi connectivity index (χ2v) is 7.76. The Morgan fingerprint density at radius 1 is 1.00 bits per heavy atom. The first-order chi connectivity index (χ1) is 12.5. The second kappa shape index (κ2) is 6.31. The largest absolute Gasteiger partial charge is 0.337 e. The van der Waals surface area contributed by atoms with Crippen LogP contribution >= 0.6 is 0 Å². The van der Waals surface area contributed by atoms with Gasteiger partial charge in [-0.15, -0.1) is 0 Å². The van der Waals surface area contributed by atoms with Gasteiger partial charge in [-0.05, 0) is 41.7 Å². The van der Waals surface area contributed by atoms with Gasteiger partial charge in [0.05, 0.1) is 0 Å². The number of nitrogens with zero attached hydrogens (tertiary/aromatic N) is 3. The van der Waals surface area contributed by atoms with Crippen LogP contribution in [0.25, 0.3) is 11.3 Å². The van der Waals surface area contributed by atoms with Gasteiger partial charge in [-0.1, -0.05) is 26.0 Å². The molecular formula is C21H25N3O2. The van der Waals surface area contributed by atoms with E-state index in [1.54, 1.807) is 4.90 Å². The number of carbonyl (C=O) groups is 2. The van der Waals surface area contributed by atoms with Gasteiger partial charge in [0.25, 0.3) is 11.8 Å². The predicted octanol–water partition coefficient (Wildman–Crippen LogP) is 3.24. The SMILES string of the molecule is CC(C)CCN1CCn2c(ccc2-c2ccc3c(c2)C(=O)N(C)C3)C1=O. The molecule has 5 nitrogen and oxygen atoms in total. The number of hydrogen-bond acceptors (Lipinski definition) is 2. The molecule has 2 aliphatic rings. The number of benzene rings is 1. The molecule has 0 unspecified atom stereocenters. The predicted molar refractivity (Wildman–Crippen MR) is 101 cm³/mol. The normalized spacial score (nSPS) is 16.5. The van der Waals surface area contributed by atoms with Crippen LogP contribution in [0.2, 0.25) is 0 Å². The summed E-state index contributed by atoms with van der Waals surface area (Å²) >= 11 is 0. The summed E-state index contributed by atoms with van der Waals surface area (Å²) in [5, 5.41) is 0. The van der Waals surface area contributed by atoms with Crippen molar-refractivity contribution in [2.45, 2.75) is 33.4 Å². The Bertz CT molecular complexity index is 881. The van der Waals surface area contributed by atoms with E-state index in [2.05, 4.69) is 24.5 Å². The van der Waals surface area contributed by atoms with Crippen LogP contribution < -0.4 is 0 Å². The van der Waals surface area contributed by atoms with Crippen molar-refractivity contribution >= 4 is 11.8 Å². The summed E-state index contributed by atoms with van der Waals surface area (Å²) in [6.45, 7) is 7.39. The van der Waals surface area contributed by atoms with Crippen molar-refractivity contribution in [3.8, 4) is 11.3 Å². The first kappa shape index (κ1) is 16.9. The molecule has 26 heavy (non-hydrogen) atoms. The molecule has 3 heterocycles. The molecular weight excluding hydrogens is 326 g/mol. The second-order valence-electron chi connectivity index (χ2n) is 7.76. The summed E-state index contributed by atoms with van der Waals surface area (Å²) < 4.78 is 2.10. The van der Waals surface area contributed by atoms with Crippen LogP contribution in [0.1, 0.15) is 46.7 Å². The Labute approximate surface area is 154 Å². The molecule has 0 radical (unpaired) electrons. The quantitative estimate of drug-likeness (QED) is 0.849. The average molecular weight is 351 g/mol. The number of rotatable bonds is 4. The maximum atomic E-state index is 12.8. The molecule has 0 saturated heterocycles. The maximum absolute atomic E-state index is 12.8. The fourth-order valence-corrected chi connectivity index (χ4v) is 3.86. The zero-order chi connectivity index (χ0) is 18.4. The van der Waals surface area contributed by atoms with E-state index in [1.165, 1.54) is 0 Å². The Morgan fingerprint density at radius 3 is 2.54 bits per heavy atom. The van der Waals surface area contributed by atoms with Crippen molar-refractivity contribution in [1.82, 2.24) is 14.4 Å². The molecule has 2 aromatic rings. The third-order valence-corrected chi connectivity index (χ3v) is 5.45. The van der Waals surface area contributed by atoms with E-state index in [9.17, 15) is 9.59 Å². The number of carbonyl (C=O) groups excluding carboxylic acids is 2. The van der Waals surface area contributed by atoms with Crippen molar-refractivity contribution in [3.05, 3.63) is 47.2 Å². The first-order valence-corrected chi connectivity index (χ1v) is 9.33. The first-order valence-electron chi connectivity index (χ1n) is 9.33. The summed E-state index contributed by atoms with van der Waals surface area (Å²) in [7, 11) is 1.82. The number of fused-ring (bicyclic) bond motifs is 2. The lowest BCUT2D eigenvalue weighted by Crippen LogP contribution is -2.41. The van der Waals surface area contributed by atoms with Gasteiger partial charge in [0.1, 0.15) is 5.69 Å². The fourth-order valence-electron chi connectivity index (χ4n) is 3.86. The van der Waals surface area contributed by atoms with E-state index < -0.39 is 0 Å². The van der Waals surface area contributed by atoms with Crippen LogP contribution in [-0.2, 0) is 13.1 Å². The minimum absolute atomic E-state index is 0.0724. The molecule has 1 aromatic carbocycles. The van der Waals surface area contributed by atoms with Crippen molar-refractivity contribution in [2.24, 2.45) is 5.92 Å². The van der Waals surface area contributed by atoms with Gasteiger partial charge in [0, 0.05) is 44.5 Å². The van der Waals surface area contributed by atoms with E-state index in [0.717, 1.165) is 54.1 Å². The number of aromatic nitrogens is 1. The molecule has 0 aliphatic carbocycles. The van der Waals surface area contributed by atoms with Gasteiger partial charge in [-0.25, -0.2) is 0 Å². The highest BCUT2D eigenvalue weighted by Gasteiger charge is 2.28. The highest BCUT2D eigenvalue weighted by molar-refractivity contribution is 5.99. The molecule has 0 atom stereocenters. The van der Waals surface area contributed by atoms with E-state index in [-0.39, 0.29) is 11.8 Å². The molecule has 0 bridgehead atoms. The zero-order valence-corrected chi connectivity index (χ0v) is 15.7. The molecule has 4 rings (SSSR count). The van der Waals surface area contributed by atoms with E-state index in [0.29, 0.717) is 12.5 Å². The Hall–Kier alpha value is -2.56. The molecule has 5 heteroatoms. The molecule has 1 aromatic heterocycles. The van der Waals surface area contributed by atoms with E-state index >= 15 is 0 Å². The standard InChI is InChI=1S/C21H25N3O2/c1-14(2)8-9-23-10-11-24-18(6-7-19(24)21(23)26)15-4-5-16-13-22(3)20(25)17(16)12-15/h4-7,12,14H,8-11,13H2,1-3H3. The van der Waals surface area contributed by atoms with Gasteiger partial charge in [-0.3, -0.25) is 9.59 Å². The summed E-state index contributed by atoms with van der Waals surface area (Å²) in [5.74, 6) is 0.775. The Balaban J connectivity index is 1.63.